The lowest BCUT2D eigenvalue weighted by Gasteiger charge is -2.17. The first-order chi connectivity index (χ1) is 9.65. The quantitative estimate of drug-likeness (QED) is 0.659. The number of nitrogens with zero attached hydrogens (tertiary/aromatic N) is 2. The summed E-state index contributed by atoms with van der Waals surface area (Å²) in [6, 6.07) is 6.41. The largest absolute Gasteiger partial charge is 0.384 e. The molecular formula is C14H17N3O3. The Balaban J connectivity index is 2.05. The van der Waals surface area contributed by atoms with Crippen LogP contribution in [0.15, 0.2) is 18.2 Å². The number of rotatable bonds is 5. The van der Waals surface area contributed by atoms with Crippen LogP contribution in [0, 0.1) is 27.4 Å². The van der Waals surface area contributed by atoms with Crippen LogP contribution in [0.3, 0.4) is 0 Å². The molecule has 6 heteroatoms. The van der Waals surface area contributed by atoms with Crippen molar-refractivity contribution in [3.8, 4) is 6.07 Å². The number of nitriles is 1. The molecule has 0 amide bonds. The standard InChI is InChI=1S/C14H17N3O3/c1-2-14-11(5-6-20-14)9-16-12-4-3-10(8-15)13(7-12)17(18)19/h3-4,7,11,14,16H,2,5-6,9H2,1H3. The molecule has 2 rings (SSSR count). The Kier molecular flexibility index (Phi) is 4.53. The summed E-state index contributed by atoms with van der Waals surface area (Å²) >= 11 is 0. The average Bonchev–Trinajstić information content (AvgIpc) is 2.92. The van der Waals surface area contributed by atoms with Gasteiger partial charge in [-0.2, -0.15) is 5.26 Å². The van der Waals surface area contributed by atoms with Gasteiger partial charge in [-0.3, -0.25) is 10.1 Å². The Morgan fingerprint density at radius 3 is 3.05 bits per heavy atom. The van der Waals surface area contributed by atoms with Crippen LogP contribution >= 0.6 is 0 Å². The molecule has 1 fully saturated rings. The molecule has 0 saturated carbocycles. The van der Waals surface area contributed by atoms with Gasteiger partial charge in [-0.1, -0.05) is 6.92 Å². The minimum absolute atomic E-state index is 0.0798. The van der Waals surface area contributed by atoms with Crippen molar-refractivity contribution in [3.63, 3.8) is 0 Å². The zero-order chi connectivity index (χ0) is 14.5. The number of benzene rings is 1. The van der Waals surface area contributed by atoms with E-state index in [0.29, 0.717) is 11.6 Å². The maximum atomic E-state index is 10.9. The van der Waals surface area contributed by atoms with Crippen LogP contribution in [0.2, 0.25) is 0 Å². The summed E-state index contributed by atoms with van der Waals surface area (Å²) in [6.45, 7) is 3.59. The fourth-order valence-corrected chi connectivity index (χ4v) is 2.51. The Morgan fingerprint density at radius 2 is 2.40 bits per heavy atom. The van der Waals surface area contributed by atoms with Gasteiger partial charge in [0, 0.05) is 30.8 Å². The molecule has 0 aliphatic carbocycles. The van der Waals surface area contributed by atoms with E-state index >= 15 is 0 Å². The molecule has 0 radical (unpaired) electrons. The highest BCUT2D eigenvalue weighted by Gasteiger charge is 2.26. The summed E-state index contributed by atoms with van der Waals surface area (Å²) in [4.78, 5) is 10.4. The van der Waals surface area contributed by atoms with Crippen molar-refractivity contribution in [1.82, 2.24) is 0 Å². The van der Waals surface area contributed by atoms with E-state index in [-0.39, 0.29) is 17.4 Å². The predicted octanol–water partition coefficient (Wildman–Crippen LogP) is 2.69. The highest BCUT2D eigenvalue weighted by Crippen LogP contribution is 2.26. The van der Waals surface area contributed by atoms with Crippen LogP contribution in [-0.4, -0.2) is 24.2 Å². The van der Waals surface area contributed by atoms with Crippen molar-refractivity contribution in [2.24, 2.45) is 5.92 Å². The molecule has 2 unspecified atom stereocenters. The third-order valence-corrected chi connectivity index (χ3v) is 3.63. The third-order valence-electron chi connectivity index (χ3n) is 3.63. The second kappa shape index (κ2) is 6.35. The maximum absolute atomic E-state index is 10.9. The molecule has 1 N–H and O–H groups in total. The maximum Gasteiger partial charge on any atom is 0.289 e. The fraction of sp³-hybridized carbons (Fsp3) is 0.500. The molecule has 1 saturated heterocycles. The molecule has 2 atom stereocenters. The van der Waals surface area contributed by atoms with Gasteiger partial charge >= 0.3 is 0 Å². The predicted molar refractivity (Wildman–Crippen MR) is 74.4 cm³/mol. The number of nitro benzene ring substituents is 1. The van der Waals surface area contributed by atoms with Crippen LogP contribution in [0.4, 0.5) is 11.4 Å². The molecule has 1 aliphatic heterocycles. The van der Waals surface area contributed by atoms with Crippen molar-refractivity contribution >= 4 is 11.4 Å². The smallest absolute Gasteiger partial charge is 0.289 e. The summed E-state index contributed by atoms with van der Waals surface area (Å²) in [5.41, 5.74) is 0.584. The second-order valence-electron chi connectivity index (χ2n) is 4.85. The first kappa shape index (κ1) is 14.3. The van der Waals surface area contributed by atoms with Gasteiger partial charge in [0.15, 0.2) is 0 Å². The van der Waals surface area contributed by atoms with Gasteiger partial charge in [-0.25, -0.2) is 0 Å². The second-order valence-corrected chi connectivity index (χ2v) is 4.85. The number of hydrogen-bond acceptors (Lipinski definition) is 5. The molecule has 1 aromatic rings. The molecule has 0 bridgehead atoms. The van der Waals surface area contributed by atoms with Crippen molar-refractivity contribution < 1.29 is 9.66 Å². The summed E-state index contributed by atoms with van der Waals surface area (Å²) in [5.74, 6) is 0.426. The van der Waals surface area contributed by atoms with Crippen molar-refractivity contribution in [2.75, 3.05) is 18.5 Å². The zero-order valence-electron chi connectivity index (χ0n) is 11.3. The van der Waals surface area contributed by atoms with E-state index < -0.39 is 4.92 Å². The molecule has 6 nitrogen and oxygen atoms in total. The Bertz CT molecular complexity index is 539. The van der Waals surface area contributed by atoms with Crippen LogP contribution in [0.5, 0.6) is 0 Å². The monoisotopic (exact) mass is 275 g/mol. The van der Waals surface area contributed by atoms with Crippen LogP contribution in [-0.2, 0) is 4.74 Å². The third kappa shape index (κ3) is 3.06. The number of ether oxygens (including phenoxy) is 1. The Morgan fingerprint density at radius 1 is 1.60 bits per heavy atom. The van der Waals surface area contributed by atoms with E-state index in [1.54, 1.807) is 6.07 Å². The number of nitro groups is 1. The van der Waals surface area contributed by atoms with Crippen LogP contribution in [0.25, 0.3) is 0 Å². The molecule has 0 spiro atoms. The van der Waals surface area contributed by atoms with Crippen LogP contribution in [0.1, 0.15) is 25.3 Å². The van der Waals surface area contributed by atoms with E-state index in [1.165, 1.54) is 12.1 Å². The highest BCUT2D eigenvalue weighted by molar-refractivity contribution is 5.59. The van der Waals surface area contributed by atoms with E-state index in [1.807, 2.05) is 6.07 Å². The summed E-state index contributed by atoms with van der Waals surface area (Å²) in [5, 5.41) is 22.9. The van der Waals surface area contributed by atoms with Gasteiger partial charge in [0.1, 0.15) is 11.6 Å². The number of anilines is 1. The van der Waals surface area contributed by atoms with Gasteiger partial charge in [0.2, 0.25) is 0 Å². The van der Waals surface area contributed by atoms with E-state index in [9.17, 15) is 10.1 Å². The lowest BCUT2D eigenvalue weighted by molar-refractivity contribution is -0.385. The summed E-state index contributed by atoms with van der Waals surface area (Å²) in [7, 11) is 0. The van der Waals surface area contributed by atoms with Crippen molar-refractivity contribution in [3.05, 3.63) is 33.9 Å². The fourth-order valence-electron chi connectivity index (χ4n) is 2.51. The van der Waals surface area contributed by atoms with Crippen LogP contribution < -0.4 is 5.32 Å². The van der Waals surface area contributed by atoms with Crippen molar-refractivity contribution in [2.45, 2.75) is 25.9 Å². The zero-order valence-corrected chi connectivity index (χ0v) is 11.3. The molecule has 20 heavy (non-hydrogen) atoms. The SMILES string of the molecule is CCC1OCCC1CNc1ccc(C#N)c([N+](=O)[O-])c1. The normalized spacial score (nSPS) is 21.4. The molecule has 0 aromatic heterocycles. The lowest BCUT2D eigenvalue weighted by atomic mass is 9.99. The Hall–Kier alpha value is -2.13. The van der Waals surface area contributed by atoms with Gasteiger partial charge < -0.3 is 10.1 Å². The molecule has 1 aliphatic rings. The first-order valence-electron chi connectivity index (χ1n) is 6.69. The summed E-state index contributed by atoms with van der Waals surface area (Å²) in [6.07, 6.45) is 2.24. The van der Waals surface area contributed by atoms with Gasteiger partial charge in [0.25, 0.3) is 5.69 Å². The number of nitrogens with one attached hydrogen (secondary N) is 1. The van der Waals surface area contributed by atoms with E-state index in [0.717, 1.165) is 26.0 Å². The molecule has 106 valence electrons. The number of hydrogen-bond donors (Lipinski definition) is 1. The molecule has 1 aromatic carbocycles. The molecule has 1 heterocycles. The van der Waals surface area contributed by atoms with E-state index in [2.05, 4.69) is 12.2 Å². The van der Waals surface area contributed by atoms with E-state index in [4.69, 9.17) is 10.00 Å². The van der Waals surface area contributed by atoms with Gasteiger partial charge in [-0.05, 0) is 25.0 Å². The molecular weight excluding hydrogens is 258 g/mol. The average molecular weight is 275 g/mol. The Labute approximate surface area is 117 Å². The highest BCUT2D eigenvalue weighted by atomic mass is 16.6. The van der Waals surface area contributed by atoms with Crippen molar-refractivity contribution in [1.29, 1.82) is 5.26 Å². The topological polar surface area (TPSA) is 88.2 Å². The summed E-state index contributed by atoms with van der Waals surface area (Å²) < 4.78 is 5.61. The van der Waals surface area contributed by atoms with Gasteiger partial charge in [-0.15, -0.1) is 0 Å². The lowest BCUT2D eigenvalue weighted by Crippen LogP contribution is -2.22. The minimum atomic E-state index is -0.530. The minimum Gasteiger partial charge on any atom is -0.384 e. The first-order valence-corrected chi connectivity index (χ1v) is 6.69. The van der Waals surface area contributed by atoms with Gasteiger partial charge in [0.05, 0.1) is 11.0 Å².